The molecule has 1 aliphatic heterocycles. The summed E-state index contributed by atoms with van der Waals surface area (Å²) in [6.07, 6.45) is 0.543. The number of benzene rings is 1. The first-order valence-electron chi connectivity index (χ1n) is 9.05. The first kappa shape index (κ1) is 18.8. The quantitative estimate of drug-likeness (QED) is 0.643. The lowest BCUT2D eigenvalue weighted by Crippen LogP contribution is -2.10. The number of anilines is 1. The summed E-state index contributed by atoms with van der Waals surface area (Å²) in [6.45, 7) is 0.734. The van der Waals surface area contributed by atoms with Crippen molar-refractivity contribution in [3.05, 3.63) is 70.1 Å². The third-order valence-corrected chi connectivity index (χ3v) is 5.11. The summed E-state index contributed by atoms with van der Waals surface area (Å²) in [6, 6.07) is 8.95. The molecular formula is C20H18ClF3N4. The molecule has 1 aromatic carbocycles. The van der Waals surface area contributed by atoms with Gasteiger partial charge in [-0.3, -0.25) is 4.98 Å². The number of aromatic nitrogens is 3. The number of alkyl halides is 3. The maximum Gasteiger partial charge on any atom is 0.416 e. The molecule has 0 aliphatic carbocycles. The normalized spacial score (nSPS) is 14.3. The van der Waals surface area contributed by atoms with Gasteiger partial charge in [-0.1, -0.05) is 17.7 Å². The molecule has 0 radical (unpaired) electrons. The fourth-order valence-corrected chi connectivity index (χ4v) is 3.61. The first-order chi connectivity index (χ1) is 13.4. The maximum atomic E-state index is 13.2. The average molecular weight is 407 g/mol. The Morgan fingerprint density at radius 2 is 2.00 bits per heavy atom. The van der Waals surface area contributed by atoms with Gasteiger partial charge in [-0.2, -0.15) is 18.3 Å². The predicted molar refractivity (Wildman–Crippen MR) is 102 cm³/mol. The fourth-order valence-electron chi connectivity index (χ4n) is 3.42. The molecule has 0 unspecified atom stereocenters. The van der Waals surface area contributed by atoms with Gasteiger partial charge in [-0.25, -0.2) is 4.68 Å². The zero-order valence-corrected chi connectivity index (χ0v) is 15.7. The van der Waals surface area contributed by atoms with Gasteiger partial charge >= 0.3 is 6.18 Å². The first-order valence-corrected chi connectivity index (χ1v) is 9.43. The van der Waals surface area contributed by atoms with E-state index in [1.54, 1.807) is 6.20 Å². The van der Waals surface area contributed by atoms with Crippen molar-refractivity contribution in [2.75, 3.05) is 11.9 Å². The molecule has 28 heavy (non-hydrogen) atoms. The fraction of sp³-hybridized carbons (Fsp3) is 0.300. The molecule has 3 aromatic rings. The van der Waals surface area contributed by atoms with Gasteiger partial charge in [0.05, 0.1) is 22.0 Å². The van der Waals surface area contributed by atoms with Crippen LogP contribution in [0, 0.1) is 0 Å². The third kappa shape index (κ3) is 3.71. The molecule has 0 amide bonds. The van der Waals surface area contributed by atoms with Gasteiger partial charge in [-0.15, -0.1) is 0 Å². The van der Waals surface area contributed by atoms with Crippen molar-refractivity contribution in [3.63, 3.8) is 0 Å². The van der Waals surface area contributed by atoms with E-state index in [1.807, 2.05) is 18.2 Å². The summed E-state index contributed by atoms with van der Waals surface area (Å²) in [5, 5.41) is 8.19. The van der Waals surface area contributed by atoms with Gasteiger partial charge in [0.15, 0.2) is 0 Å². The molecular weight excluding hydrogens is 389 g/mol. The number of rotatable bonds is 3. The van der Waals surface area contributed by atoms with Gasteiger partial charge in [0.1, 0.15) is 5.82 Å². The Morgan fingerprint density at radius 1 is 1.14 bits per heavy atom. The minimum atomic E-state index is -4.45. The largest absolute Gasteiger partial charge is 0.416 e. The lowest BCUT2D eigenvalue weighted by atomic mass is 10.1. The zero-order valence-electron chi connectivity index (χ0n) is 14.9. The molecule has 0 bridgehead atoms. The molecule has 4 rings (SSSR count). The van der Waals surface area contributed by atoms with Crippen molar-refractivity contribution in [3.8, 4) is 5.69 Å². The highest BCUT2D eigenvalue weighted by Crippen LogP contribution is 2.36. The standard InChI is InChI=1S/C20H18ClF3N4/c21-16-8-7-13(20(22,23)24)11-18(16)28-19-15(6-2-4-10-26-19)17(27-28)12-14-5-1-3-9-25-14/h1,3,5,7-9,11,26H,2,4,6,10,12H2. The number of hydrogen-bond donors (Lipinski definition) is 1. The number of nitrogens with zero attached hydrogens (tertiary/aromatic N) is 3. The summed E-state index contributed by atoms with van der Waals surface area (Å²) in [7, 11) is 0. The monoisotopic (exact) mass is 406 g/mol. The zero-order chi connectivity index (χ0) is 19.7. The SMILES string of the molecule is FC(F)(F)c1ccc(Cl)c(-n2nc(Cc3ccccn3)c3c2NCCCC3)c1. The van der Waals surface area contributed by atoms with Crippen molar-refractivity contribution in [2.24, 2.45) is 0 Å². The molecule has 0 saturated carbocycles. The van der Waals surface area contributed by atoms with Crippen LogP contribution in [0.25, 0.3) is 5.69 Å². The minimum Gasteiger partial charge on any atom is -0.370 e. The van der Waals surface area contributed by atoms with E-state index in [2.05, 4.69) is 15.4 Å². The second-order valence-electron chi connectivity index (χ2n) is 6.73. The van der Waals surface area contributed by atoms with E-state index in [0.717, 1.165) is 54.9 Å². The second kappa shape index (κ2) is 7.47. The average Bonchev–Trinajstić information content (AvgIpc) is 2.84. The molecule has 3 heterocycles. The van der Waals surface area contributed by atoms with Crippen LogP contribution in [0.3, 0.4) is 0 Å². The van der Waals surface area contributed by atoms with Crippen molar-refractivity contribution in [1.82, 2.24) is 14.8 Å². The van der Waals surface area contributed by atoms with Gasteiger partial charge < -0.3 is 5.32 Å². The third-order valence-electron chi connectivity index (χ3n) is 4.79. The Bertz CT molecular complexity index is 983. The van der Waals surface area contributed by atoms with Crippen molar-refractivity contribution in [2.45, 2.75) is 31.9 Å². The molecule has 2 aromatic heterocycles. The Kier molecular flexibility index (Phi) is 5.02. The topological polar surface area (TPSA) is 42.7 Å². The van der Waals surface area contributed by atoms with E-state index in [4.69, 9.17) is 11.6 Å². The van der Waals surface area contributed by atoms with E-state index in [0.29, 0.717) is 12.2 Å². The lowest BCUT2D eigenvalue weighted by molar-refractivity contribution is -0.137. The summed E-state index contributed by atoms with van der Waals surface area (Å²) in [4.78, 5) is 4.35. The van der Waals surface area contributed by atoms with Crippen LogP contribution in [0.5, 0.6) is 0 Å². The molecule has 1 aliphatic rings. The van der Waals surface area contributed by atoms with Gasteiger partial charge in [0.25, 0.3) is 0 Å². The predicted octanol–water partition coefficient (Wildman–Crippen LogP) is 5.28. The van der Waals surface area contributed by atoms with E-state index >= 15 is 0 Å². The highest BCUT2D eigenvalue weighted by Gasteiger charge is 2.32. The smallest absolute Gasteiger partial charge is 0.370 e. The van der Waals surface area contributed by atoms with Crippen LogP contribution in [0.15, 0.2) is 42.6 Å². The van der Waals surface area contributed by atoms with Crippen LogP contribution in [0.1, 0.15) is 35.4 Å². The molecule has 0 spiro atoms. The molecule has 0 saturated heterocycles. The van der Waals surface area contributed by atoms with Gasteiger partial charge in [0, 0.05) is 30.4 Å². The lowest BCUT2D eigenvalue weighted by Gasteiger charge is -2.13. The summed E-state index contributed by atoms with van der Waals surface area (Å²) in [5.41, 5.74) is 2.13. The molecule has 0 fully saturated rings. The number of nitrogens with one attached hydrogen (secondary N) is 1. The number of pyridine rings is 1. The van der Waals surface area contributed by atoms with Crippen LogP contribution >= 0.6 is 11.6 Å². The van der Waals surface area contributed by atoms with E-state index in [9.17, 15) is 13.2 Å². The molecule has 146 valence electrons. The second-order valence-corrected chi connectivity index (χ2v) is 7.14. The Morgan fingerprint density at radius 3 is 2.75 bits per heavy atom. The summed E-state index contributed by atoms with van der Waals surface area (Å²) >= 11 is 6.27. The van der Waals surface area contributed by atoms with Crippen LogP contribution in [0.4, 0.5) is 19.0 Å². The molecule has 4 nitrogen and oxygen atoms in total. The number of hydrogen-bond acceptors (Lipinski definition) is 3. The van der Waals surface area contributed by atoms with Crippen molar-refractivity contribution < 1.29 is 13.2 Å². The highest BCUT2D eigenvalue weighted by atomic mass is 35.5. The van der Waals surface area contributed by atoms with Crippen molar-refractivity contribution >= 4 is 17.4 Å². The van der Waals surface area contributed by atoms with Crippen LogP contribution < -0.4 is 5.32 Å². The molecule has 8 heteroatoms. The number of fused-ring (bicyclic) bond motifs is 1. The summed E-state index contributed by atoms with van der Waals surface area (Å²) in [5.74, 6) is 0.713. The van der Waals surface area contributed by atoms with Crippen molar-refractivity contribution in [1.29, 1.82) is 0 Å². The highest BCUT2D eigenvalue weighted by molar-refractivity contribution is 6.32. The molecule has 1 N–H and O–H groups in total. The Hall–Kier alpha value is -2.54. The van der Waals surface area contributed by atoms with Crippen LogP contribution in [0.2, 0.25) is 5.02 Å². The van der Waals surface area contributed by atoms with Gasteiger partial charge in [-0.05, 0) is 49.6 Å². The van der Waals surface area contributed by atoms with Crippen LogP contribution in [-0.2, 0) is 19.0 Å². The van der Waals surface area contributed by atoms with Gasteiger partial charge in [0.2, 0.25) is 0 Å². The van der Waals surface area contributed by atoms with E-state index in [1.165, 1.54) is 10.7 Å². The molecule has 0 atom stereocenters. The van der Waals surface area contributed by atoms with E-state index in [-0.39, 0.29) is 10.7 Å². The summed E-state index contributed by atoms with van der Waals surface area (Å²) < 4.78 is 41.2. The Labute approximate surface area is 165 Å². The maximum absolute atomic E-state index is 13.2. The minimum absolute atomic E-state index is 0.216. The van der Waals surface area contributed by atoms with Crippen LogP contribution in [-0.4, -0.2) is 21.3 Å². The number of halogens is 4. The Balaban J connectivity index is 1.84. The van der Waals surface area contributed by atoms with E-state index < -0.39 is 11.7 Å².